The summed E-state index contributed by atoms with van der Waals surface area (Å²) in [5, 5.41) is 1.27. The first kappa shape index (κ1) is 9.44. The first-order valence-corrected chi connectivity index (χ1v) is 5.39. The molecule has 0 saturated heterocycles. The number of thiophene rings is 1. The van der Waals surface area contributed by atoms with E-state index in [1.165, 1.54) is 15.0 Å². The summed E-state index contributed by atoms with van der Waals surface area (Å²) in [5.74, 6) is 0. The van der Waals surface area contributed by atoms with Gasteiger partial charge >= 0.3 is 0 Å². The van der Waals surface area contributed by atoms with E-state index in [2.05, 4.69) is 30.8 Å². The third-order valence-corrected chi connectivity index (χ3v) is 3.48. The van der Waals surface area contributed by atoms with Gasteiger partial charge in [0.05, 0.1) is 6.04 Å². The highest BCUT2D eigenvalue weighted by Crippen LogP contribution is 2.30. The third kappa shape index (κ3) is 1.59. The summed E-state index contributed by atoms with van der Waals surface area (Å²) < 4.78 is 1.29. The van der Waals surface area contributed by atoms with Crippen molar-refractivity contribution < 1.29 is 0 Å². The first-order valence-electron chi connectivity index (χ1n) is 4.58. The molecule has 1 atom stereocenters. The van der Waals surface area contributed by atoms with Crippen molar-refractivity contribution in [2.24, 2.45) is 5.73 Å². The molecule has 14 heavy (non-hydrogen) atoms. The van der Waals surface area contributed by atoms with Gasteiger partial charge in [0, 0.05) is 9.58 Å². The molecular weight excluding hydrogens is 190 g/mol. The minimum absolute atomic E-state index is 0.0209. The molecule has 1 nitrogen and oxygen atoms in total. The van der Waals surface area contributed by atoms with E-state index in [1.54, 1.807) is 11.3 Å². The molecule has 0 aliphatic heterocycles. The van der Waals surface area contributed by atoms with Crippen molar-refractivity contribution in [3.8, 4) is 0 Å². The topological polar surface area (TPSA) is 26.0 Å². The van der Waals surface area contributed by atoms with Crippen molar-refractivity contribution in [3.63, 3.8) is 0 Å². The van der Waals surface area contributed by atoms with Gasteiger partial charge in [0.1, 0.15) is 0 Å². The lowest BCUT2D eigenvalue weighted by Gasteiger charge is -2.07. The molecule has 1 aromatic carbocycles. The maximum Gasteiger partial charge on any atom is 0.0600 e. The summed E-state index contributed by atoms with van der Waals surface area (Å²) in [6.45, 7) is 5.85. The first-order chi connectivity index (χ1) is 6.68. The molecule has 72 valence electrons. The Hall–Kier alpha value is -1.12. The predicted octanol–water partition coefficient (Wildman–Crippen LogP) is 3.48. The minimum atomic E-state index is -0.0209. The number of benzene rings is 1. The van der Waals surface area contributed by atoms with Gasteiger partial charge in [0.15, 0.2) is 0 Å². The lowest BCUT2D eigenvalue weighted by molar-refractivity contribution is 0.872. The molecule has 0 spiro atoms. The summed E-state index contributed by atoms with van der Waals surface area (Å²) in [6, 6.07) is 10.5. The van der Waals surface area contributed by atoms with Crippen molar-refractivity contribution in [1.82, 2.24) is 0 Å². The Morgan fingerprint density at radius 3 is 2.79 bits per heavy atom. The van der Waals surface area contributed by atoms with Crippen molar-refractivity contribution in [2.45, 2.75) is 13.0 Å². The molecule has 0 bridgehead atoms. The molecule has 0 fully saturated rings. The molecule has 0 aliphatic rings. The molecule has 0 amide bonds. The average molecular weight is 203 g/mol. The summed E-state index contributed by atoms with van der Waals surface area (Å²) >= 11 is 1.75. The Morgan fingerprint density at radius 1 is 1.43 bits per heavy atom. The molecule has 2 heteroatoms. The van der Waals surface area contributed by atoms with Crippen LogP contribution in [0.15, 0.2) is 42.5 Å². The van der Waals surface area contributed by atoms with Gasteiger partial charge in [-0.1, -0.05) is 30.4 Å². The summed E-state index contributed by atoms with van der Waals surface area (Å²) in [7, 11) is 0. The Bertz CT molecular complexity index is 437. The van der Waals surface area contributed by atoms with E-state index in [1.807, 2.05) is 13.0 Å². The van der Waals surface area contributed by atoms with Crippen molar-refractivity contribution in [2.75, 3.05) is 0 Å². The van der Waals surface area contributed by atoms with Gasteiger partial charge in [-0.25, -0.2) is 0 Å². The van der Waals surface area contributed by atoms with Gasteiger partial charge < -0.3 is 5.73 Å². The van der Waals surface area contributed by atoms with E-state index in [9.17, 15) is 0 Å². The fourth-order valence-corrected chi connectivity index (χ4v) is 2.56. The van der Waals surface area contributed by atoms with Gasteiger partial charge in [-0.2, -0.15) is 0 Å². The van der Waals surface area contributed by atoms with Crippen LogP contribution in [0.4, 0.5) is 0 Å². The molecule has 0 radical (unpaired) electrons. The van der Waals surface area contributed by atoms with E-state index >= 15 is 0 Å². The van der Waals surface area contributed by atoms with E-state index in [-0.39, 0.29) is 6.04 Å². The maximum absolute atomic E-state index is 6.01. The van der Waals surface area contributed by atoms with Crippen LogP contribution in [0.25, 0.3) is 10.1 Å². The Labute approximate surface area is 87.9 Å². The quantitative estimate of drug-likeness (QED) is 0.743. The van der Waals surface area contributed by atoms with Crippen LogP contribution in [-0.2, 0) is 0 Å². The maximum atomic E-state index is 6.01. The van der Waals surface area contributed by atoms with Crippen LogP contribution in [0.2, 0.25) is 0 Å². The van der Waals surface area contributed by atoms with Crippen molar-refractivity contribution in [1.29, 1.82) is 0 Å². The molecule has 1 heterocycles. The van der Waals surface area contributed by atoms with E-state index in [0.29, 0.717) is 0 Å². The number of fused-ring (bicyclic) bond motifs is 1. The van der Waals surface area contributed by atoms with Crippen LogP contribution in [0.1, 0.15) is 17.8 Å². The normalized spacial score (nSPS) is 13.0. The SMILES string of the molecule is C=C(C)C(N)c1cc2ccccc2s1. The van der Waals surface area contributed by atoms with Crippen LogP contribution in [-0.4, -0.2) is 0 Å². The van der Waals surface area contributed by atoms with Crippen LogP contribution in [0.5, 0.6) is 0 Å². The average Bonchev–Trinajstić information content (AvgIpc) is 2.59. The zero-order valence-corrected chi connectivity index (χ0v) is 8.97. The number of nitrogens with two attached hydrogens (primary N) is 1. The van der Waals surface area contributed by atoms with Crippen LogP contribution in [0, 0.1) is 0 Å². The van der Waals surface area contributed by atoms with Gasteiger partial charge in [0.25, 0.3) is 0 Å². The summed E-state index contributed by atoms with van der Waals surface area (Å²) in [6.07, 6.45) is 0. The predicted molar refractivity (Wildman–Crippen MR) is 63.6 cm³/mol. The van der Waals surface area contributed by atoms with Crippen LogP contribution in [0.3, 0.4) is 0 Å². The van der Waals surface area contributed by atoms with Gasteiger partial charge in [-0.05, 0) is 24.4 Å². The zero-order valence-electron chi connectivity index (χ0n) is 8.16. The van der Waals surface area contributed by atoms with Gasteiger partial charge in [-0.3, -0.25) is 0 Å². The zero-order chi connectivity index (χ0) is 10.1. The molecule has 1 aromatic heterocycles. The molecule has 1 unspecified atom stereocenters. The van der Waals surface area contributed by atoms with Crippen molar-refractivity contribution >= 4 is 21.4 Å². The van der Waals surface area contributed by atoms with Crippen molar-refractivity contribution in [3.05, 3.63) is 47.4 Å². The second kappa shape index (κ2) is 3.56. The summed E-state index contributed by atoms with van der Waals surface area (Å²) in [5.41, 5.74) is 7.02. The second-order valence-corrected chi connectivity index (χ2v) is 4.63. The van der Waals surface area contributed by atoms with Crippen LogP contribution >= 0.6 is 11.3 Å². The third-order valence-electron chi connectivity index (χ3n) is 2.28. The Morgan fingerprint density at radius 2 is 2.14 bits per heavy atom. The summed E-state index contributed by atoms with van der Waals surface area (Å²) in [4.78, 5) is 1.19. The molecule has 2 N–H and O–H groups in total. The van der Waals surface area contributed by atoms with E-state index in [0.717, 1.165) is 5.57 Å². The standard InChI is InChI=1S/C12H13NS/c1-8(2)12(13)11-7-9-5-3-4-6-10(9)14-11/h3-7,12H,1,13H2,2H3. The van der Waals surface area contributed by atoms with Gasteiger partial charge in [0.2, 0.25) is 0 Å². The highest BCUT2D eigenvalue weighted by molar-refractivity contribution is 7.19. The fourth-order valence-electron chi connectivity index (χ4n) is 1.40. The lowest BCUT2D eigenvalue weighted by atomic mass is 10.1. The number of hydrogen-bond donors (Lipinski definition) is 1. The monoisotopic (exact) mass is 203 g/mol. The van der Waals surface area contributed by atoms with E-state index in [4.69, 9.17) is 5.73 Å². The lowest BCUT2D eigenvalue weighted by Crippen LogP contribution is -2.08. The highest BCUT2D eigenvalue weighted by atomic mass is 32.1. The van der Waals surface area contributed by atoms with Crippen LogP contribution < -0.4 is 5.73 Å². The van der Waals surface area contributed by atoms with Gasteiger partial charge in [-0.15, -0.1) is 11.3 Å². The largest absolute Gasteiger partial charge is 0.320 e. The fraction of sp³-hybridized carbons (Fsp3) is 0.167. The smallest absolute Gasteiger partial charge is 0.0600 e. The Balaban J connectivity index is 2.50. The highest BCUT2D eigenvalue weighted by Gasteiger charge is 2.09. The molecule has 0 saturated carbocycles. The molecule has 2 aromatic rings. The van der Waals surface area contributed by atoms with E-state index < -0.39 is 0 Å². The number of hydrogen-bond acceptors (Lipinski definition) is 2. The number of rotatable bonds is 2. The molecule has 0 aliphatic carbocycles. The molecular formula is C12H13NS. The molecule has 2 rings (SSSR count). The second-order valence-electron chi connectivity index (χ2n) is 3.51. The minimum Gasteiger partial charge on any atom is -0.320 e. The Kier molecular flexibility index (Phi) is 2.40.